The summed E-state index contributed by atoms with van der Waals surface area (Å²) in [6, 6.07) is 0. The van der Waals surface area contributed by atoms with Crippen molar-refractivity contribution in [3.63, 3.8) is 0 Å². The first-order valence-electron chi connectivity index (χ1n) is 28.6. The van der Waals surface area contributed by atoms with E-state index in [1.165, 1.54) is 116 Å². The molecule has 0 heterocycles. The van der Waals surface area contributed by atoms with Gasteiger partial charge in [-0.25, -0.2) is 0 Å². The van der Waals surface area contributed by atoms with Crippen molar-refractivity contribution in [1.82, 2.24) is 0 Å². The smallest absolute Gasteiger partial charge is 0.306 e. The molecule has 0 aliphatic heterocycles. The van der Waals surface area contributed by atoms with Gasteiger partial charge in [0.1, 0.15) is 13.2 Å². The van der Waals surface area contributed by atoms with Crippen molar-refractivity contribution in [3.8, 4) is 0 Å². The fourth-order valence-electron chi connectivity index (χ4n) is 7.85. The average molecular weight is 948 g/mol. The van der Waals surface area contributed by atoms with Crippen molar-refractivity contribution >= 4 is 17.9 Å². The van der Waals surface area contributed by atoms with E-state index in [0.717, 1.165) is 116 Å². The monoisotopic (exact) mass is 947 g/mol. The molecule has 0 fully saturated rings. The van der Waals surface area contributed by atoms with E-state index in [1.807, 2.05) is 0 Å². The second-order valence-electron chi connectivity index (χ2n) is 18.8. The van der Waals surface area contributed by atoms with Crippen LogP contribution >= 0.6 is 0 Å². The van der Waals surface area contributed by atoms with Gasteiger partial charge in [0.15, 0.2) is 6.10 Å². The highest BCUT2D eigenvalue weighted by molar-refractivity contribution is 5.71. The van der Waals surface area contributed by atoms with Gasteiger partial charge in [0.2, 0.25) is 0 Å². The third-order valence-electron chi connectivity index (χ3n) is 12.1. The molecule has 0 saturated carbocycles. The predicted octanol–water partition coefficient (Wildman–Crippen LogP) is 19.2. The molecular weight excluding hydrogens is 841 g/mol. The van der Waals surface area contributed by atoms with Crippen molar-refractivity contribution in [3.05, 3.63) is 85.1 Å². The van der Waals surface area contributed by atoms with Crippen LogP contribution in [0.15, 0.2) is 85.1 Å². The molecule has 0 aromatic heterocycles. The number of esters is 3. The zero-order valence-corrected chi connectivity index (χ0v) is 44.6. The Kier molecular flexibility index (Phi) is 53.4. The Balaban J connectivity index is 4.41. The quantitative estimate of drug-likeness (QED) is 0.0262. The molecule has 0 spiro atoms. The minimum absolute atomic E-state index is 0.0850. The Morgan fingerprint density at radius 3 is 0.926 bits per heavy atom. The molecule has 0 aromatic rings. The summed E-state index contributed by atoms with van der Waals surface area (Å²) in [6.07, 6.45) is 72.8. The van der Waals surface area contributed by atoms with Crippen molar-refractivity contribution in [2.24, 2.45) is 0 Å². The van der Waals surface area contributed by atoms with Gasteiger partial charge in [-0.2, -0.15) is 0 Å². The van der Waals surface area contributed by atoms with Gasteiger partial charge in [-0.15, -0.1) is 0 Å². The molecule has 68 heavy (non-hydrogen) atoms. The molecule has 0 aliphatic rings. The van der Waals surface area contributed by atoms with Crippen molar-refractivity contribution < 1.29 is 28.6 Å². The van der Waals surface area contributed by atoms with Gasteiger partial charge in [-0.05, 0) is 96.3 Å². The molecule has 390 valence electrons. The van der Waals surface area contributed by atoms with Gasteiger partial charge in [0.25, 0.3) is 0 Å². The molecule has 6 nitrogen and oxygen atoms in total. The predicted molar refractivity (Wildman–Crippen MR) is 293 cm³/mol. The van der Waals surface area contributed by atoms with E-state index in [-0.39, 0.29) is 31.1 Å². The standard InChI is InChI=1S/C62H106O6/c1-4-7-10-13-16-19-22-25-27-29-31-33-35-37-40-43-46-49-52-55-61(64)67-58-59(57-66-60(63)54-51-48-45-42-39-24-21-18-15-12-9-6-3)68-62(65)56-53-50-47-44-41-38-36-34-32-30-28-26-23-20-17-14-11-8-5-2/h7,10,16-17,19-20,25-28,31-34,59H,4-6,8-9,11-15,18,21-24,29-30,35-58H2,1-3H3/b10-7-,19-16-,20-17-,27-25-,28-26-,33-31-,34-32-. The van der Waals surface area contributed by atoms with Gasteiger partial charge in [-0.3, -0.25) is 14.4 Å². The summed E-state index contributed by atoms with van der Waals surface area (Å²) in [7, 11) is 0. The number of allylic oxidation sites excluding steroid dienone is 14. The zero-order valence-electron chi connectivity index (χ0n) is 44.6. The number of hydrogen-bond donors (Lipinski definition) is 0. The number of carbonyl (C=O) groups excluding carboxylic acids is 3. The lowest BCUT2D eigenvalue weighted by molar-refractivity contribution is -0.167. The number of unbranched alkanes of at least 4 members (excludes halogenated alkanes) is 26. The van der Waals surface area contributed by atoms with E-state index in [0.29, 0.717) is 19.3 Å². The van der Waals surface area contributed by atoms with Crippen LogP contribution in [0.5, 0.6) is 0 Å². The maximum Gasteiger partial charge on any atom is 0.306 e. The number of hydrogen-bond acceptors (Lipinski definition) is 6. The maximum absolute atomic E-state index is 12.9. The summed E-state index contributed by atoms with van der Waals surface area (Å²) in [5.41, 5.74) is 0. The van der Waals surface area contributed by atoms with Gasteiger partial charge in [-0.1, -0.05) is 241 Å². The Labute approximate surface area is 420 Å². The van der Waals surface area contributed by atoms with Crippen molar-refractivity contribution in [2.75, 3.05) is 13.2 Å². The fourth-order valence-corrected chi connectivity index (χ4v) is 7.85. The highest BCUT2D eigenvalue weighted by Crippen LogP contribution is 2.15. The molecule has 0 radical (unpaired) electrons. The summed E-state index contributed by atoms with van der Waals surface area (Å²) in [5, 5.41) is 0. The molecular formula is C62H106O6. The van der Waals surface area contributed by atoms with E-state index in [9.17, 15) is 14.4 Å². The van der Waals surface area contributed by atoms with E-state index >= 15 is 0 Å². The van der Waals surface area contributed by atoms with Gasteiger partial charge in [0.05, 0.1) is 0 Å². The second-order valence-corrected chi connectivity index (χ2v) is 18.8. The van der Waals surface area contributed by atoms with Gasteiger partial charge >= 0.3 is 17.9 Å². The first-order valence-corrected chi connectivity index (χ1v) is 28.6. The van der Waals surface area contributed by atoms with Crippen LogP contribution in [0.1, 0.15) is 271 Å². The highest BCUT2D eigenvalue weighted by atomic mass is 16.6. The molecule has 1 unspecified atom stereocenters. The van der Waals surface area contributed by atoms with Crippen LogP contribution in [0, 0.1) is 0 Å². The SMILES string of the molecule is CC/C=C\C/C=C\C/C=C\C/C=C\CCCCCCCCC(=O)OCC(COC(=O)CCCCCCCCCCCCCC)OC(=O)CCCCCCCC/C=C\C/C=C\C/C=C\CCCCC. The normalized spacial score (nSPS) is 12.7. The van der Waals surface area contributed by atoms with Crippen LogP contribution in [0.3, 0.4) is 0 Å². The van der Waals surface area contributed by atoms with Gasteiger partial charge < -0.3 is 14.2 Å². The summed E-state index contributed by atoms with van der Waals surface area (Å²) in [5.74, 6) is -0.907. The summed E-state index contributed by atoms with van der Waals surface area (Å²) in [6.45, 7) is 6.49. The lowest BCUT2D eigenvalue weighted by Gasteiger charge is -2.18. The third kappa shape index (κ3) is 53.5. The maximum atomic E-state index is 12.9. The molecule has 0 N–H and O–H groups in total. The molecule has 0 aromatic carbocycles. The Morgan fingerprint density at radius 2 is 0.574 bits per heavy atom. The topological polar surface area (TPSA) is 78.9 Å². The van der Waals surface area contributed by atoms with Crippen LogP contribution in [-0.2, 0) is 28.6 Å². The van der Waals surface area contributed by atoms with Crippen LogP contribution in [0.4, 0.5) is 0 Å². The minimum atomic E-state index is -0.789. The summed E-state index contributed by atoms with van der Waals surface area (Å²) in [4.78, 5) is 38.1. The number of rotatable bonds is 51. The van der Waals surface area contributed by atoms with E-state index in [2.05, 4.69) is 106 Å². The molecule has 6 heteroatoms. The minimum Gasteiger partial charge on any atom is -0.462 e. The summed E-state index contributed by atoms with van der Waals surface area (Å²) >= 11 is 0. The van der Waals surface area contributed by atoms with E-state index in [1.54, 1.807) is 0 Å². The van der Waals surface area contributed by atoms with Gasteiger partial charge in [0, 0.05) is 19.3 Å². The largest absolute Gasteiger partial charge is 0.462 e. The van der Waals surface area contributed by atoms with Crippen molar-refractivity contribution in [1.29, 1.82) is 0 Å². The Hall–Kier alpha value is -3.41. The van der Waals surface area contributed by atoms with Crippen LogP contribution in [0.2, 0.25) is 0 Å². The molecule has 0 aliphatic carbocycles. The van der Waals surface area contributed by atoms with Crippen LogP contribution < -0.4 is 0 Å². The number of ether oxygens (including phenoxy) is 3. The zero-order chi connectivity index (χ0) is 49.3. The first kappa shape index (κ1) is 64.6. The number of carbonyl (C=O) groups is 3. The molecule has 1 atom stereocenters. The Morgan fingerprint density at radius 1 is 0.309 bits per heavy atom. The highest BCUT2D eigenvalue weighted by Gasteiger charge is 2.19. The molecule has 0 saturated heterocycles. The average Bonchev–Trinajstić information content (AvgIpc) is 3.34. The fraction of sp³-hybridized carbons (Fsp3) is 0.726. The molecule has 0 bridgehead atoms. The third-order valence-corrected chi connectivity index (χ3v) is 12.1. The molecule has 0 rings (SSSR count). The lowest BCUT2D eigenvalue weighted by atomic mass is 10.0. The lowest BCUT2D eigenvalue weighted by Crippen LogP contribution is -2.30. The summed E-state index contributed by atoms with van der Waals surface area (Å²) < 4.78 is 16.8. The van der Waals surface area contributed by atoms with Crippen molar-refractivity contribution in [2.45, 2.75) is 277 Å². The van der Waals surface area contributed by atoms with Crippen LogP contribution in [-0.4, -0.2) is 37.2 Å². The van der Waals surface area contributed by atoms with Crippen LogP contribution in [0.25, 0.3) is 0 Å². The first-order chi connectivity index (χ1) is 33.5. The van der Waals surface area contributed by atoms with E-state index < -0.39 is 6.10 Å². The Bertz CT molecular complexity index is 1320. The van der Waals surface area contributed by atoms with E-state index in [4.69, 9.17) is 14.2 Å². The molecule has 0 amide bonds. The second kappa shape index (κ2) is 56.2.